The SMILES string of the molecule is CC(C)(C)c1ccc(C(=O)Nc2ccc3[nH]c(C=CC(=O)NO)cc3c2)cc1. The fourth-order valence-corrected chi connectivity index (χ4v) is 2.85. The Kier molecular flexibility index (Phi) is 5.33. The van der Waals surface area contributed by atoms with Crippen molar-refractivity contribution >= 4 is 34.5 Å². The Labute approximate surface area is 163 Å². The van der Waals surface area contributed by atoms with Crippen molar-refractivity contribution in [2.45, 2.75) is 26.2 Å². The van der Waals surface area contributed by atoms with Crippen molar-refractivity contribution in [3.8, 4) is 0 Å². The molecule has 6 heteroatoms. The van der Waals surface area contributed by atoms with Crippen LogP contribution in [0.2, 0.25) is 0 Å². The Bertz CT molecular complexity index is 1040. The molecule has 3 aromatic rings. The van der Waals surface area contributed by atoms with Crippen LogP contribution in [-0.4, -0.2) is 22.0 Å². The van der Waals surface area contributed by atoms with Gasteiger partial charge >= 0.3 is 0 Å². The van der Waals surface area contributed by atoms with E-state index in [1.165, 1.54) is 17.1 Å². The average molecular weight is 377 g/mol. The van der Waals surface area contributed by atoms with Gasteiger partial charge in [-0.1, -0.05) is 32.9 Å². The Morgan fingerprint density at radius 1 is 1.04 bits per heavy atom. The molecule has 1 aromatic heterocycles. The van der Waals surface area contributed by atoms with Gasteiger partial charge in [-0.3, -0.25) is 14.8 Å². The largest absolute Gasteiger partial charge is 0.355 e. The van der Waals surface area contributed by atoms with Gasteiger partial charge in [-0.05, 0) is 53.5 Å². The molecule has 0 fully saturated rings. The molecular weight excluding hydrogens is 354 g/mol. The number of benzene rings is 2. The van der Waals surface area contributed by atoms with Gasteiger partial charge in [0.05, 0.1) is 0 Å². The van der Waals surface area contributed by atoms with E-state index in [0.29, 0.717) is 16.9 Å². The summed E-state index contributed by atoms with van der Waals surface area (Å²) in [6.45, 7) is 6.40. The van der Waals surface area contributed by atoms with Gasteiger partial charge in [-0.25, -0.2) is 5.48 Å². The quantitative estimate of drug-likeness (QED) is 0.311. The maximum absolute atomic E-state index is 12.5. The predicted octanol–water partition coefficient (Wildman–Crippen LogP) is 4.24. The van der Waals surface area contributed by atoms with Crippen LogP contribution in [-0.2, 0) is 10.2 Å². The molecule has 4 N–H and O–H groups in total. The number of nitrogens with one attached hydrogen (secondary N) is 3. The average Bonchev–Trinajstić information content (AvgIpc) is 3.07. The number of hydrogen-bond donors (Lipinski definition) is 4. The van der Waals surface area contributed by atoms with Crippen molar-refractivity contribution in [3.63, 3.8) is 0 Å². The Morgan fingerprint density at radius 3 is 2.39 bits per heavy atom. The number of fused-ring (bicyclic) bond motifs is 1. The van der Waals surface area contributed by atoms with Crippen LogP contribution in [0.3, 0.4) is 0 Å². The Balaban J connectivity index is 1.75. The monoisotopic (exact) mass is 377 g/mol. The molecule has 0 bridgehead atoms. The zero-order chi connectivity index (χ0) is 20.3. The molecule has 0 aliphatic rings. The van der Waals surface area contributed by atoms with Gasteiger partial charge in [0.15, 0.2) is 0 Å². The lowest BCUT2D eigenvalue weighted by Gasteiger charge is -2.19. The van der Waals surface area contributed by atoms with Gasteiger partial charge in [0.25, 0.3) is 11.8 Å². The Hall–Kier alpha value is -3.38. The first-order valence-corrected chi connectivity index (χ1v) is 8.93. The second kappa shape index (κ2) is 7.70. The zero-order valence-electron chi connectivity index (χ0n) is 16.0. The van der Waals surface area contributed by atoms with Gasteiger partial charge in [-0.15, -0.1) is 0 Å². The second-order valence-electron chi connectivity index (χ2n) is 7.62. The molecule has 6 nitrogen and oxygen atoms in total. The lowest BCUT2D eigenvalue weighted by atomic mass is 9.87. The van der Waals surface area contributed by atoms with Crippen molar-refractivity contribution in [3.05, 3.63) is 71.4 Å². The molecule has 0 spiro atoms. The first-order valence-electron chi connectivity index (χ1n) is 8.93. The van der Waals surface area contributed by atoms with E-state index < -0.39 is 5.91 Å². The maximum atomic E-state index is 12.5. The summed E-state index contributed by atoms with van der Waals surface area (Å²) in [6.07, 6.45) is 2.77. The lowest BCUT2D eigenvalue weighted by Crippen LogP contribution is -2.14. The van der Waals surface area contributed by atoms with Crippen molar-refractivity contribution in [1.29, 1.82) is 0 Å². The van der Waals surface area contributed by atoms with Crippen LogP contribution in [0, 0.1) is 0 Å². The summed E-state index contributed by atoms with van der Waals surface area (Å²) in [5.74, 6) is -0.779. The number of carbonyl (C=O) groups excluding carboxylic acids is 2. The third-order valence-corrected chi connectivity index (χ3v) is 4.44. The van der Waals surface area contributed by atoms with Crippen LogP contribution < -0.4 is 10.8 Å². The molecule has 28 heavy (non-hydrogen) atoms. The topological polar surface area (TPSA) is 94.2 Å². The maximum Gasteiger partial charge on any atom is 0.267 e. The first kappa shape index (κ1) is 19.4. The molecule has 2 amide bonds. The van der Waals surface area contributed by atoms with Crippen LogP contribution in [0.4, 0.5) is 5.69 Å². The minimum atomic E-state index is -0.607. The van der Waals surface area contributed by atoms with E-state index in [0.717, 1.165) is 10.9 Å². The van der Waals surface area contributed by atoms with Gasteiger partial charge in [0.2, 0.25) is 0 Å². The highest BCUT2D eigenvalue weighted by atomic mass is 16.5. The molecule has 0 radical (unpaired) electrons. The van der Waals surface area contributed by atoms with Crippen LogP contribution >= 0.6 is 0 Å². The van der Waals surface area contributed by atoms with Gasteiger partial charge in [0, 0.05) is 33.9 Å². The number of aromatic nitrogens is 1. The van der Waals surface area contributed by atoms with E-state index in [1.807, 2.05) is 48.5 Å². The van der Waals surface area contributed by atoms with Crippen molar-refractivity contribution in [2.75, 3.05) is 5.32 Å². The zero-order valence-corrected chi connectivity index (χ0v) is 16.0. The van der Waals surface area contributed by atoms with E-state index in [1.54, 1.807) is 6.08 Å². The molecule has 0 aliphatic heterocycles. The van der Waals surface area contributed by atoms with Crippen LogP contribution in [0.25, 0.3) is 17.0 Å². The fraction of sp³-hybridized carbons (Fsp3) is 0.182. The molecular formula is C22H23N3O3. The van der Waals surface area contributed by atoms with Gasteiger partial charge < -0.3 is 10.3 Å². The number of aromatic amines is 1. The standard InChI is InChI=1S/C22H23N3O3/c1-22(2,3)16-6-4-14(5-7-16)21(27)24-18-8-10-19-15(13-18)12-17(23-19)9-11-20(26)25-28/h4-13,23,28H,1-3H3,(H,24,27)(H,25,26). The summed E-state index contributed by atoms with van der Waals surface area (Å²) in [6, 6.07) is 15.0. The number of amides is 2. The number of H-pyrrole nitrogens is 1. The summed E-state index contributed by atoms with van der Waals surface area (Å²) in [7, 11) is 0. The van der Waals surface area contributed by atoms with Crippen molar-refractivity contribution < 1.29 is 14.8 Å². The van der Waals surface area contributed by atoms with Crippen molar-refractivity contribution in [1.82, 2.24) is 10.5 Å². The highest BCUT2D eigenvalue weighted by molar-refractivity contribution is 6.05. The minimum absolute atomic E-state index is 0.0400. The van der Waals surface area contributed by atoms with Crippen LogP contribution in [0.1, 0.15) is 42.4 Å². The predicted molar refractivity (Wildman–Crippen MR) is 110 cm³/mol. The number of carbonyl (C=O) groups is 2. The summed E-state index contributed by atoms with van der Waals surface area (Å²) in [5.41, 5.74) is 5.61. The molecule has 0 saturated heterocycles. The van der Waals surface area contributed by atoms with Crippen LogP contribution in [0.5, 0.6) is 0 Å². The number of anilines is 1. The van der Waals surface area contributed by atoms with Gasteiger partial charge in [0.1, 0.15) is 0 Å². The molecule has 2 aromatic carbocycles. The molecule has 3 rings (SSSR count). The van der Waals surface area contributed by atoms with E-state index in [4.69, 9.17) is 5.21 Å². The second-order valence-corrected chi connectivity index (χ2v) is 7.62. The van der Waals surface area contributed by atoms with Gasteiger partial charge in [-0.2, -0.15) is 0 Å². The summed E-state index contributed by atoms with van der Waals surface area (Å²) in [4.78, 5) is 26.8. The lowest BCUT2D eigenvalue weighted by molar-refractivity contribution is -0.124. The molecule has 0 aliphatic carbocycles. The molecule has 0 unspecified atom stereocenters. The van der Waals surface area contributed by atoms with E-state index in [-0.39, 0.29) is 11.3 Å². The van der Waals surface area contributed by atoms with Crippen LogP contribution in [0.15, 0.2) is 54.6 Å². The number of hydroxylamine groups is 1. The molecule has 144 valence electrons. The molecule has 0 atom stereocenters. The third-order valence-electron chi connectivity index (χ3n) is 4.44. The highest BCUT2D eigenvalue weighted by Gasteiger charge is 2.14. The molecule has 0 saturated carbocycles. The summed E-state index contributed by atoms with van der Waals surface area (Å²) >= 11 is 0. The van der Waals surface area contributed by atoms with E-state index >= 15 is 0 Å². The minimum Gasteiger partial charge on any atom is -0.355 e. The van der Waals surface area contributed by atoms with E-state index in [9.17, 15) is 9.59 Å². The summed E-state index contributed by atoms with van der Waals surface area (Å²) in [5, 5.41) is 12.3. The van der Waals surface area contributed by atoms with E-state index in [2.05, 4.69) is 31.1 Å². The number of hydrogen-bond acceptors (Lipinski definition) is 3. The highest BCUT2D eigenvalue weighted by Crippen LogP contribution is 2.24. The normalized spacial score (nSPS) is 11.7. The summed E-state index contributed by atoms with van der Waals surface area (Å²) < 4.78 is 0. The Morgan fingerprint density at radius 2 is 1.75 bits per heavy atom. The third kappa shape index (κ3) is 4.47. The number of rotatable bonds is 4. The molecule has 1 heterocycles. The fourth-order valence-electron chi connectivity index (χ4n) is 2.85. The first-order chi connectivity index (χ1) is 13.3. The smallest absolute Gasteiger partial charge is 0.267 e. The van der Waals surface area contributed by atoms with Crippen molar-refractivity contribution in [2.24, 2.45) is 0 Å².